The lowest BCUT2D eigenvalue weighted by atomic mass is 10.1. The van der Waals surface area contributed by atoms with E-state index in [1.807, 2.05) is 0 Å². The molecule has 5 heteroatoms. The van der Waals surface area contributed by atoms with Gasteiger partial charge in [-0.1, -0.05) is 0 Å². The molecule has 0 saturated heterocycles. The Hall–Kier alpha value is -1.62. The Morgan fingerprint density at radius 2 is 2.43 bits per heavy atom. The number of hydrogen-bond acceptors (Lipinski definition) is 5. The number of hydrogen-bond donors (Lipinski definition) is 2. The molecule has 0 aliphatic heterocycles. The summed E-state index contributed by atoms with van der Waals surface area (Å²) in [6, 6.07) is 2.80. The Labute approximate surface area is 82.1 Å². The molecule has 0 aliphatic carbocycles. The number of carbonyl (C=O) groups excluding carboxylic acids is 1. The molecule has 4 N–H and O–H groups in total. The minimum Gasteiger partial charge on any atom is -0.468 e. The molecule has 0 bridgehead atoms. The maximum Gasteiger partial charge on any atom is 0.322 e. The third-order valence-corrected chi connectivity index (χ3v) is 1.81. The maximum atomic E-state index is 11.0. The molecule has 5 nitrogen and oxygen atoms in total. The van der Waals surface area contributed by atoms with Gasteiger partial charge >= 0.3 is 5.97 Å². The van der Waals surface area contributed by atoms with Gasteiger partial charge in [0.15, 0.2) is 0 Å². The van der Waals surface area contributed by atoms with Gasteiger partial charge < -0.3 is 16.2 Å². The largest absolute Gasteiger partial charge is 0.468 e. The van der Waals surface area contributed by atoms with Crippen molar-refractivity contribution in [2.45, 2.75) is 12.5 Å². The predicted octanol–water partition coefficient (Wildman–Crippen LogP) is -0.293. The minimum absolute atomic E-state index is 0.402. The smallest absolute Gasteiger partial charge is 0.322 e. The molecule has 0 spiro atoms. The molecule has 0 aromatic carbocycles. The van der Waals surface area contributed by atoms with Crippen LogP contribution in [0.25, 0.3) is 0 Å². The van der Waals surface area contributed by atoms with E-state index in [2.05, 4.69) is 9.72 Å². The molecule has 0 radical (unpaired) electrons. The van der Waals surface area contributed by atoms with Crippen LogP contribution in [0.4, 0.5) is 5.82 Å². The van der Waals surface area contributed by atoms with E-state index in [0.717, 1.165) is 5.56 Å². The van der Waals surface area contributed by atoms with Crippen molar-refractivity contribution >= 4 is 11.8 Å². The lowest BCUT2D eigenvalue weighted by molar-refractivity contribution is -0.142. The molecule has 0 aliphatic rings. The molecule has 0 amide bonds. The zero-order valence-corrected chi connectivity index (χ0v) is 7.93. The number of nitrogens with zero attached hydrogens (tertiary/aromatic N) is 1. The molecule has 0 saturated carbocycles. The first-order chi connectivity index (χ1) is 6.63. The van der Waals surface area contributed by atoms with Crippen LogP contribution in [0.1, 0.15) is 5.56 Å². The summed E-state index contributed by atoms with van der Waals surface area (Å²) in [6.45, 7) is 0. The third-order valence-electron chi connectivity index (χ3n) is 1.81. The number of carbonyl (C=O) groups is 1. The first kappa shape index (κ1) is 10.5. The normalized spacial score (nSPS) is 12.1. The number of methoxy groups -OCH3 is 1. The Bertz CT molecular complexity index is 328. The average molecular weight is 195 g/mol. The molecule has 1 aromatic heterocycles. The van der Waals surface area contributed by atoms with Crippen molar-refractivity contribution in [1.82, 2.24) is 4.98 Å². The number of anilines is 1. The second-order valence-corrected chi connectivity index (χ2v) is 2.92. The first-order valence-corrected chi connectivity index (χ1v) is 4.17. The third kappa shape index (κ3) is 2.70. The Balaban J connectivity index is 2.64. The van der Waals surface area contributed by atoms with Crippen LogP contribution in [-0.4, -0.2) is 24.1 Å². The monoisotopic (exact) mass is 195 g/mol. The first-order valence-electron chi connectivity index (χ1n) is 4.17. The van der Waals surface area contributed by atoms with Crippen molar-refractivity contribution in [2.24, 2.45) is 5.73 Å². The van der Waals surface area contributed by atoms with Gasteiger partial charge in [-0.25, -0.2) is 4.98 Å². The molecule has 0 fully saturated rings. The van der Waals surface area contributed by atoms with Crippen LogP contribution in [0.5, 0.6) is 0 Å². The highest BCUT2D eigenvalue weighted by atomic mass is 16.5. The van der Waals surface area contributed by atoms with Gasteiger partial charge in [0.1, 0.15) is 11.9 Å². The molecule has 1 aromatic rings. The summed E-state index contributed by atoms with van der Waals surface area (Å²) in [6.07, 6.45) is 1.98. The second kappa shape index (κ2) is 4.57. The van der Waals surface area contributed by atoms with Crippen LogP contribution in [0.3, 0.4) is 0 Å². The fourth-order valence-electron chi connectivity index (χ4n) is 1.11. The SMILES string of the molecule is COC(=O)C(N)Cc1ccnc(N)c1. The molecule has 1 rings (SSSR count). The van der Waals surface area contributed by atoms with E-state index in [4.69, 9.17) is 11.5 Å². The molecular formula is C9H13N3O2. The molecule has 14 heavy (non-hydrogen) atoms. The minimum atomic E-state index is -0.651. The lowest BCUT2D eigenvalue weighted by Crippen LogP contribution is -2.33. The summed E-state index contributed by atoms with van der Waals surface area (Å²) in [7, 11) is 1.31. The predicted molar refractivity (Wildman–Crippen MR) is 52.3 cm³/mol. The van der Waals surface area contributed by atoms with Crippen molar-refractivity contribution in [2.75, 3.05) is 12.8 Å². The van der Waals surface area contributed by atoms with Crippen molar-refractivity contribution in [1.29, 1.82) is 0 Å². The molecule has 76 valence electrons. The maximum absolute atomic E-state index is 11.0. The highest BCUT2D eigenvalue weighted by Crippen LogP contribution is 2.05. The van der Waals surface area contributed by atoms with Crippen LogP contribution in [0.15, 0.2) is 18.3 Å². The zero-order valence-electron chi connectivity index (χ0n) is 7.93. The van der Waals surface area contributed by atoms with Crippen LogP contribution in [-0.2, 0) is 16.0 Å². The molecular weight excluding hydrogens is 182 g/mol. The van der Waals surface area contributed by atoms with Gasteiger partial charge in [-0.2, -0.15) is 0 Å². The standard InChI is InChI=1S/C9H13N3O2/c1-14-9(13)7(10)4-6-2-3-12-8(11)5-6/h2-3,5,7H,4,10H2,1H3,(H2,11,12). The Morgan fingerprint density at radius 3 is 3.00 bits per heavy atom. The van der Waals surface area contributed by atoms with E-state index in [0.29, 0.717) is 12.2 Å². The lowest BCUT2D eigenvalue weighted by Gasteiger charge is -2.08. The number of rotatable bonds is 3. The summed E-state index contributed by atoms with van der Waals surface area (Å²) in [5.41, 5.74) is 11.9. The van der Waals surface area contributed by atoms with Gasteiger partial charge in [-0.3, -0.25) is 4.79 Å². The van der Waals surface area contributed by atoms with Crippen LogP contribution in [0, 0.1) is 0 Å². The Morgan fingerprint density at radius 1 is 1.71 bits per heavy atom. The summed E-state index contributed by atoms with van der Waals surface area (Å²) < 4.78 is 4.50. The summed E-state index contributed by atoms with van der Waals surface area (Å²) >= 11 is 0. The van der Waals surface area contributed by atoms with Crippen molar-refractivity contribution < 1.29 is 9.53 Å². The van der Waals surface area contributed by atoms with Crippen molar-refractivity contribution in [3.63, 3.8) is 0 Å². The number of esters is 1. The number of ether oxygens (including phenoxy) is 1. The molecule has 1 atom stereocenters. The Kier molecular flexibility index (Phi) is 3.41. The fourth-order valence-corrected chi connectivity index (χ4v) is 1.11. The summed E-state index contributed by atoms with van der Waals surface area (Å²) in [4.78, 5) is 14.8. The van der Waals surface area contributed by atoms with E-state index >= 15 is 0 Å². The highest BCUT2D eigenvalue weighted by Gasteiger charge is 2.13. The van der Waals surface area contributed by atoms with Crippen molar-refractivity contribution in [3.8, 4) is 0 Å². The second-order valence-electron chi connectivity index (χ2n) is 2.92. The van der Waals surface area contributed by atoms with Gasteiger partial charge in [0.25, 0.3) is 0 Å². The average Bonchev–Trinajstić information content (AvgIpc) is 2.16. The van der Waals surface area contributed by atoms with E-state index in [-0.39, 0.29) is 0 Å². The number of nitrogens with two attached hydrogens (primary N) is 2. The van der Waals surface area contributed by atoms with E-state index in [1.54, 1.807) is 18.3 Å². The van der Waals surface area contributed by atoms with Crippen LogP contribution < -0.4 is 11.5 Å². The van der Waals surface area contributed by atoms with Crippen LogP contribution in [0.2, 0.25) is 0 Å². The van der Waals surface area contributed by atoms with Gasteiger partial charge in [0.05, 0.1) is 7.11 Å². The molecule has 1 heterocycles. The van der Waals surface area contributed by atoms with E-state index in [9.17, 15) is 4.79 Å². The zero-order chi connectivity index (χ0) is 10.6. The summed E-state index contributed by atoms with van der Waals surface area (Å²) in [5, 5.41) is 0. The fraction of sp³-hybridized carbons (Fsp3) is 0.333. The van der Waals surface area contributed by atoms with E-state index in [1.165, 1.54) is 7.11 Å². The van der Waals surface area contributed by atoms with Gasteiger partial charge in [-0.05, 0) is 24.1 Å². The molecule has 1 unspecified atom stereocenters. The topological polar surface area (TPSA) is 91.2 Å². The number of aromatic nitrogens is 1. The van der Waals surface area contributed by atoms with Crippen molar-refractivity contribution in [3.05, 3.63) is 23.9 Å². The van der Waals surface area contributed by atoms with Crippen LogP contribution >= 0.6 is 0 Å². The highest BCUT2D eigenvalue weighted by molar-refractivity contribution is 5.75. The van der Waals surface area contributed by atoms with Gasteiger partial charge in [0, 0.05) is 6.20 Å². The quantitative estimate of drug-likeness (QED) is 0.646. The number of pyridine rings is 1. The van der Waals surface area contributed by atoms with Gasteiger partial charge in [-0.15, -0.1) is 0 Å². The number of nitrogen functional groups attached to an aromatic ring is 1. The van der Waals surface area contributed by atoms with E-state index < -0.39 is 12.0 Å². The summed E-state index contributed by atoms with van der Waals surface area (Å²) in [5.74, 6) is -0.0139. The van der Waals surface area contributed by atoms with Gasteiger partial charge in [0.2, 0.25) is 0 Å².